The number of anilines is 2. The topological polar surface area (TPSA) is 72.0 Å². The zero-order valence-corrected chi connectivity index (χ0v) is 18.5. The van der Waals surface area contributed by atoms with Crippen molar-refractivity contribution in [3.05, 3.63) is 99.6 Å². The quantitative estimate of drug-likeness (QED) is 0.360. The van der Waals surface area contributed by atoms with Gasteiger partial charge in [-0.15, -0.1) is 0 Å². The number of nitrogens with zero attached hydrogens (tertiary/aromatic N) is 2. The van der Waals surface area contributed by atoms with Gasteiger partial charge in [0.1, 0.15) is 12.1 Å². The van der Waals surface area contributed by atoms with Crippen LogP contribution in [0.4, 0.5) is 11.5 Å². The second kappa shape index (κ2) is 9.06. The molecule has 0 spiro atoms. The van der Waals surface area contributed by atoms with Crippen LogP contribution in [0.15, 0.2) is 78.5 Å². The normalized spacial score (nSPS) is 11.8. The molecule has 0 bridgehead atoms. The SMILES string of the molecule is O=S(=O)(/C=C/c1ccc(Cl)cc1Cl)Cc1ccc(Nc2ncnc3ccccc23)cc1. The molecule has 4 aromatic rings. The maximum atomic E-state index is 12.5. The Bertz CT molecular complexity index is 1370. The summed E-state index contributed by atoms with van der Waals surface area (Å²) in [6.07, 6.45) is 2.98. The third kappa shape index (κ3) is 5.41. The van der Waals surface area contributed by atoms with Crippen LogP contribution in [0, 0.1) is 0 Å². The van der Waals surface area contributed by atoms with Crippen LogP contribution in [-0.2, 0) is 15.6 Å². The molecule has 0 unspecified atom stereocenters. The van der Waals surface area contributed by atoms with E-state index in [0.29, 0.717) is 27.0 Å². The van der Waals surface area contributed by atoms with Gasteiger partial charge in [0.2, 0.25) is 0 Å². The van der Waals surface area contributed by atoms with Crippen LogP contribution in [0.3, 0.4) is 0 Å². The van der Waals surface area contributed by atoms with Gasteiger partial charge in [0.05, 0.1) is 11.3 Å². The lowest BCUT2D eigenvalue weighted by molar-refractivity contribution is 0.604. The average molecular weight is 470 g/mol. The lowest BCUT2D eigenvalue weighted by Crippen LogP contribution is -2.01. The van der Waals surface area contributed by atoms with E-state index in [1.807, 2.05) is 36.4 Å². The largest absolute Gasteiger partial charge is 0.340 e. The minimum Gasteiger partial charge on any atom is -0.340 e. The Balaban J connectivity index is 1.47. The number of fused-ring (bicyclic) bond motifs is 1. The summed E-state index contributed by atoms with van der Waals surface area (Å²) in [5.41, 5.74) is 2.90. The van der Waals surface area contributed by atoms with Gasteiger partial charge >= 0.3 is 0 Å². The van der Waals surface area contributed by atoms with Crippen molar-refractivity contribution in [3.8, 4) is 0 Å². The van der Waals surface area contributed by atoms with Gasteiger partial charge in [-0.1, -0.05) is 53.5 Å². The second-order valence-corrected chi connectivity index (χ2v) is 9.57. The van der Waals surface area contributed by atoms with Crippen LogP contribution < -0.4 is 5.32 Å². The lowest BCUT2D eigenvalue weighted by atomic mass is 10.2. The number of rotatable bonds is 6. The van der Waals surface area contributed by atoms with Crippen molar-refractivity contribution in [1.29, 1.82) is 0 Å². The minimum atomic E-state index is -3.47. The highest BCUT2D eigenvalue weighted by Gasteiger charge is 2.09. The fourth-order valence-corrected chi connectivity index (χ4v) is 4.60. The molecule has 1 N–H and O–H groups in total. The maximum absolute atomic E-state index is 12.5. The van der Waals surface area contributed by atoms with Crippen LogP contribution in [0.1, 0.15) is 11.1 Å². The van der Waals surface area contributed by atoms with Gasteiger partial charge in [-0.05, 0) is 53.6 Å². The smallest absolute Gasteiger partial charge is 0.175 e. The number of benzene rings is 3. The summed E-state index contributed by atoms with van der Waals surface area (Å²) >= 11 is 12.0. The molecule has 31 heavy (non-hydrogen) atoms. The number of nitrogens with one attached hydrogen (secondary N) is 1. The molecule has 0 aliphatic carbocycles. The molecule has 156 valence electrons. The highest BCUT2D eigenvalue weighted by Crippen LogP contribution is 2.24. The average Bonchev–Trinajstić information content (AvgIpc) is 2.75. The fourth-order valence-electron chi connectivity index (χ4n) is 3.02. The van der Waals surface area contributed by atoms with E-state index >= 15 is 0 Å². The van der Waals surface area contributed by atoms with Crippen LogP contribution >= 0.6 is 23.2 Å². The standard InChI is InChI=1S/C23H17Cl2N3O2S/c24-18-8-7-17(21(25)13-18)11-12-31(29,30)14-16-5-9-19(10-6-16)28-23-20-3-1-2-4-22(20)26-15-27-23/h1-13,15H,14H2,(H,26,27,28)/b12-11+. The van der Waals surface area contributed by atoms with Crippen molar-refractivity contribution < 1.29 is 8.42 Å². The summed E-state index contributed by atoms with van der Waals surface area (Å²) in [6.45, 7) is 0. The molecule has 0 fully saturated rings. The Morgan fingerprint density at radius 3 is 2.48 bits per heavy atom. The number of hydrogen-bond donors (Lipinski definition) is 1. The van der Waals surface area contributed by atoms with Gasteiger partial charge in [0.25, 0.3) is 0 Å². The molecule has 3 aromatic carbocycles. The highest BCUT2D eigenvalue weighted by atomic mass is 35.5. The molecule has 4 rings (SSSR count). The predicted octanol–water partition coefficient (Wildman–Crippen LogP) is 6.27. The van der Waals surface area contributed by atoms with Crippen LogP contribution in [-0.4, -0.2) is 18.4 Å². The molecule has 0 atom stereocenters. The molecule has 0 aliphatic heterocycles. The monoisotopic (exact) mass is 469 g/mol. The van der Waals surface area contributed by atoms with E-state index in [1.54, 1.807) is 30.3 Å². The van der Waals surface area contributed by atoms with Crippen molar-refractivity contribution in [1.82, 2.24) is 9.97 Å². The van der Waals surface area contributed by atoms with Gasteiger partial charge in [-0.25, -0.2) is 18.4 Å². The van der Waals surface area contributed by atoms with E-state index in [2.05, 4.69) is 15.3 Å². The molecule has 0 radical (unpaired) electrons. The summed E-state index contributed by atoms with van der Waals surface area (Å²) in [4.78, 5) is 8.55. The van der Waals surface area contributed by atoms with Crippen LogP contribution in [0.2, 0.25) is 10.0 Å². The summed E-state index contributed by atoms with van der Waals surface area (Å²) in [6, 6.07) is 19.8. The van der Waals surface area contributed by atoms with Crippen molar-refractivity contribution in [2.24, 2.45) is 0 Å². The molecule has 5 nitrogen and oxygen atoms in total. The Morgan fingerprint density at radius 2 is 1.71 bits per heavy atom. The van der Waals surface area contributed by atoms with Gasteiger partial charge in [0.15, 0.2) is 9.84 Å². The molecule has 1 aromatic heterocycles. The Morgan fingerprint density at radius 1 is 0.935 bits per heavy atom. The first-order valence-electron chi connectivity index (χ1n) is 9.31. The first-order chi connectivity index (χ1) is 14.9. The van der Waals surface area contributed by atoms with Crippen molar-refractivity contribution in [2.75, 3.05) is 5.32 Å². The number of sulfone groups is 1. The first kappa shape index (κ1) is 21.3. The van der Waals surface area contributed by atoms with Gasteiger partial charge < -0.3 is 5.32 Å². The van der Waals surface area contributed by atoms with E-state index in [1.165, 1.54) is 17.8 Å². The van der Waals surface area contributed by atoms with E-state index < -0.39 is 9.84 Å². The number of halogens is 2. The molecule has 0 amide bonds. The molecule has 0 saturated carbocycles. The molecular weight excluding hydrogens is 453 g/mol. The minimum absolute atomic E-state index is 0.120. The zero-order valence-electron chi connectivity index (χ0n) is 16.2. The van der Waals surface area contributed by atoms with E-state index in [0.717, 1.165) is 16.6 Å². The Hall–Kier alpha value is -2.93. The molecule has 0 saturated heterocycles. The Kier molecular flexibility index (Phi) is 6.23. The number of aromatic nitrogens is 2. The Labute approximate surface area is 190 Å². The molecule has 8 heteroatoms. The molecule has 0 aliphatic rings. The predicted molar refractivity (Wildman–Crippen MR) is 127 cm³/mol. The summed E-state index contributed by atoms with van der Waals surface area (Å²) in [7, 11) is -3.47. The van der Waals surface area contributed by atoms with E-state index in [4.69, 9.17) is 23.2 Å². The lowest BCUT2D eigenvalue weighted by Gasteiger charge is -2.09. The van der Waals surface area contributed by atoms with Crippen molar-refractivity contribution in [3.63, 3.8) is 0 Å². The van der Waals surface area contributed by atoms with E-state index in [9.17, 15) is 8.42 Å². The van der Waals surface area contributed by atoms with Crippen LogP contribution in [0.25, 0.3) is 17.0 Å². The van der Waals surface area contributed by atoms with Gasteiger partial charge in [-0.3, -0.25) is 0 Å². The third-order valence-corrected chi connectivity index (χ3v) is 6.39. The van der Waals surface area contributed by atoms with Gasteiger partial charge in [-0.2, -0.15) is 0 Å². The zero-order chi connectivity index (χ0) is 21.8. The first-order valence-corrected chi connectivity index (χ1v) is 11.8. The molecular formula is C23H17Cl2N3O2S. The summed E-state index contributed by atoms with van der Waals surface area (Å²) in [5.74, 6) is 0.569. The number of para-hydroxylation sites is 1. The second-order valence-electron chi connectivity index (χ2n) is 6.84. The maximum Gasteiger partial charge on any atom is 0.175 e. The summed E-state index contributed by atoms with van der Waals surface area (Å²) < 4.78 is 25.0. The molecule has 1 heterocycles. The van der Waals surface area contributed by atoms with Crippen molar-refractivity contribution >= 4 is 61.5 Å². The fraction of sp³-hybridized carbons (Fsp3) is 0.0435. The van der Waals surface area contributed by atoms with Crippen LogP contribution in [0.5, 0.6) is 0 Å². The van der Waals surface area contributed by atoms with E-state index in [-0.39, 0.29) is 5.75 Å². The summed E-state index contributed by atoms with van der Waals surface area (Å²) in [5, 5.41) is 6.22. The van der Waals surface area contributed by atoms with Crippen molar-refractivity contribution in [2.45, 2.75) is 5.75 Å². The van der Waals surface area contributed by atoms with Gasteiger partial charge in [0, 0.05) is 26.5 Å². The third-order valence-electron chi connectivity index (χ3n) is 4.54. The highest BCUT2D eigenvalue weighted by molar-refractivity contribution is 7.93. The number of hydrogen-bond acceptors (Lipinski definition) is 5.